The molecular formula is C22H26N2O3. The number of carbonyl (C=O) groups is 1. The number of hydrogen-bond donors (Lipinski definition) is 1. The van der Waals surface area contributed by atoms with Gasteiger partial charge in [-0.1, -0.05) is 13.8 Å². The van der Waals surface area contributed by atoms with Gasteiger partial charge in [0.2, 0.25) is 0 Å². The average Bonchev–Trinajstić information content (AvgIpc) is 2.99. The molecule has 0 radical (unpaired) electrons. The fraction of sp³-hybridized carbons (Fsp3) is 0.318. The van der Waals surface area contributed by atoms with Crippen LogP contribution in [0.25, 0.3) is 16.6 Å². The van der Waals surface area contributed by atoms with Crippen LogP contribution in [0.1, 0.15) is 36.8 Å². The monoisotopic (exact) mass is 366 g/mol. The first-order valence-electron chi connectivity index (χ1n) is 9.24. The lowest BCUT2D eigenvalue weighted by Gasteiger charge is -2.21. The number of ether oxygens (including phenoxy) is 1. The lowest BCUT2D eigenvalue weighted by atomic mass is 10.1. The standard InChI is InChI=1S/C22H26N2O3/c1-5-23(6-2)14-21-22(15(3)25)19-13-17(26)9-12-20(19)24(21)16-7-10-18(27-4)11-8-16/h7-13,26H,5-6,14H2,1-4H3. The predicted octanol–water partition coefficient (Wildman–Crippen LogP) is 4.39. The maximum atomic E-state index is 12.6. The lowest BCUT2D eigenvalue weighted by molar-refractivity contribution is 0.101. The second kappa shape index (κ2) is 7.84. The molecule has 1 heterocycles. The minimum absolute atomic E-state index is 0.0000165. The first-order valence-corrected chi connectivity index (χ1v) is 9.24. The number of hydrogen-bond acceptors (Lipinski definition) is 4. The molecule has 142 valence electrons. The van der Waals surface area contributed by atoms with E-state index in [2.05, 4.69) is 23.3 Å². The molecule has 0 aliphatic heterocycles. The fourth-order valence-electron chi connectivity index (χ4n) is 3.56. The van der Waals surface area contributed by atoms with Crippen LogP contribution in [0.2, 0.25) is 0 Å². The van der Waals surface area contributed by atoms with E-state index in [1.54, 1.807) is 26.2 Å². The van der Waals surface area contributed by atoms with E-state index in [1.165, 1.54) is 0 Å². The van der Waals surface area contributed by atoms with Gasteiger partial charge in [-0.25, -0.2) is 0 Å². The first-order chi connectivity index (χ1) is 13.0. The Balaban J connectivity index is 2.32. The van der Waals surface area contributed by atoms with Crippen molar-refractivity contribution < 1.29 is 14.6 Å². The van der Waals surface area contributed by atoms with Crippen molar-refractivity contribution in [3.05, 3.63) is 53.7 Å². The van der Waals surface area contributed by atoms with Crippen molar-refractivity contribution in [3.63, 3.8) is 0 Å². The molecule has 1 aromatic heterocycles. The van der Waals surface area contributed by atoms with Crippen LogP contribution >= 0.6 is 0 Å². The second-order valence-electron chi connectivity index (χ2n) is 6.57. The highest BCUT2D eigenvalue weighted by Crippen LogP contribution is 2.33. The van der Waals surface area contributed by atoms with Crippen LogP contribution in [0.4, 0.5) is 0 Å². The topological polar surface area (TPSA) is 54.7 Å². The molecule has 0 spiro atoms. The van der Waals surface area contributed by atoms with E-state index in [0.717, 1.165) is 41.1 Å². The van der Waals surface area contributed by atoms with Crippen LogP contribution in [0.15, 0.2) is 42.5 Å². The molecule has 0 atom stereocenters. The van der Waals surface area contributed by atoms with Gasteiger partial charge in [-0.3, -0.25) is 9.69 Å². The zero-order valence-electron chi connectivity index (χ0n) is 16.3. The van der Waals surface area contributed by atoms with Crippen LogP contribution in [0.5, 0.6) is 11.5 Å². The third-order valence-corrected chi connectivity index (χ3v) is 5.00. The summed E-state index contributed by atoms with van der Waals surface area (Å²) in [6, 6.07) is 13.0. The number of aromatic hydroxyl groups is 1. The number of carbonyl (C=O) groups excluding carboxylic acids is 1. The number of Topliss-reactive ketones (excluding diaryl/α,β-unsaturated/α-hetero) is 1. The van der Waals surface area contributed by atoms with E-state index in [0.29, 0.717) is 12.1 Å². The summed E-state index contributed by atoms with van der Waals surface area (Å²) in [5, 5.41) is 10.8. The number of benzene rings is 2. The molecule has 0 unspecified atom stereocenters. The average molecular weight is 366 g/mol. The summed E-state index contributed by atoms with van der Waals surface area (Å²) in [5.41, 5.74) is 3.48. The highest BCUT2D eigenvalue weighted by atomic mass is 16.5. The van der Waals surface area contributed by atoms with Crippen molar-refractivity contribution in [2.75, 3.05) is 20.2 Å². The number of phenols is 1. The number of aromatic nitrogens is 1. The van der Waals surface area contributed by atoms with Crippen LogP contribution in [-0.2, 0) is 6.54 Å². The molecule has 5 nitrogen and oxygen atoms in total. The molecule has 27 heavy (non-hydrogen) atoms. The fourth-order valence-corrected chi connectivity index (χ4v) is 3.56. The number of rotatable bonds is 7. The molecule has 2 aromatic carbocycles. The number of nitrogens with zero attached hydrogens (tertiary/aromatic N) is 2. The summed E-state index contributed by atoms with van der Waals surface area (Å²) in [4.78, 5) is 14.8. The van der Waals surface area contributed by atoms with E-state index in [1.807, 2.05) is 30.3 Å². The molecule has 0 aliphatic rings. The minimum Gasteiger partial charge on any atom is -0.508 e. The van der Waals surface area contributed by atoms with Gasteiger partial charge in [0.25, 0.3) is 0 Å². The van der Waals surface area contributed by atoms with E-state index in [4.69, 9.17) is 4.74 Å². The molecule has 0 fully saturated rings. The van der Waals surface area contributed by atoms with Gasteiger partial charge in [0.05, 0.1) is 12.6 Å². The largest absolute Gasteiger partial charge is 0.508 e. The lowest BCUT2D eigenvalue weighted by Crippen LogP contribution is -2.24. The number of fused-ring (bicyclic) bond motifs is 1. The number of ketones is 1. The van der Waals surface area contributed by atoms with Crippen LogP contribution in [0, 0.1) is 0 Å². The summed E-state index contributed by atoms with van der Waals surface area (Å²) in [7, 11) is 1.64. The van der Waals surface area contributed by atoms with Crippen molar-refractivity contribution in [1.29, 1.82) is 0 Å². The summed E-state index contributed by atoms with van der Waals surface area (Å²) in [6.45, 7) is 8.26. The summed E-state index contributed by atoms with van der Waals surface area (Å²) < 4.78 is 7.39. The Bertz CT molecular complexity index is 954. The van der Waals surface area contributed by atoms with Crippen LogP contribution in [-0.4, -0.2) is 40.6 Å². The Kier molecular flexibility index (Phi) is 5.51. The van der Waals surface area contributed by atoms with Gasteiger partial charge in [-0.2, -0.15) is 0 Å². The van der Waals surface area contributed by atoms with Crippen molar-refractivity contribution in [1.82, 2.24) is 9.47 Å². The summed E-state index contributed by atoms with van der Waals surface area (Å²) in [6.07, 6.45) is 0. The molecule has 1 N–H and O–H groups in total. The van der Waals surface area contributed by atoms with E-state index >= 15 is 0 Å². The van der Waals surface area contributed by atoms with Gasteiger partial charge in [-0.05, 0) is 62.5 Å². The molecule has 5 heteroatoms. The van der Waals surface area contributed by atoms with Gasteiger partial charge in [0, 0.05) is 28.9 Å². The predicted molar refractivity (Wildman–Crippen MR) is 108 cm³/mol. The first kappa shape index (κ1) is 19.0. The Hall–Kier alpha value is -2.79. The van der Waals surface area contributed by atoms with E-state index < -0.39 is 0 Å². The number of methoxy groups -OCH3 is 1. The normalized spacial score (nSPS) is 11.3. The van der Waals surface area contributed by atoms with Crippen LogP contribution in [0.3, 0.4) is 0 Å². The smallest absolute Gasteiger partial charge is 0.162 e. The molecule has 0 bridgehead atoms. The number of phenolic OH excluding ortho intramolecular Hbond substituents is 1. The Morgan fingerprint density at radius 3 is 2.33 bits per heavy atom. The third kappa shape index (κ3) is 3.55. The molecule has 3 rings (SSSR count). The Morgan fingerprint density at radius 2 is 1.78 bits per heavy atom. The van der Waals surface area contributed by atoms with Crippen molar-refractivity contribution >= 4 is 16.7 Å². The minimum atomic E-state index is 0.0000165. The molecule has 0 aliphatic carbocycles. The van der Waals surface area contributed by atoms with Gasteiger partial charge < -0.3 is 14.4 Å². The summed E-state index contributed by atoms with van der Waals surface area (Å²) >= 11 is 0. The SMILES string of the molecule is CCN(CC)Cc1c(C(C)=O)c2cc(O)ccc2n1-c1ccc(OC)cc1. The van der Waals surface area contributed by atoms with Crippen molar-refractivity contribution in [3.8, 4) is 17.2 Å². The van der Waals surface area contributed by atoms with Crippen molar-refractivity contribution in [2.24, 2.45) is 0 Å². The molecule has 0 saturated heterocycles. The van der Waals surface area contributed by atoms with Gasteiger partial charge in [0.1, 0.15) is 11.5 Å². The second-order valence-corrected chi connectivity index (χ2v) is 6.57. The molecule has 0 amide bonds. The molecule has 0 saturated carbocycles. The van der Waals surface area contributed by atoms with E-state index in [9.17, 15) is 9.90 Å². The van der Waals surface area contributed by atoms with Gasteiger partial charge in [-0.15, -0.1) is 0 Å². The zero-order chi connectivity index (χ0) is 19.6. The maximum Gasteiger partial charge on any atom is 0.162 e. The van der Waals surface area contributed by atoms with Gasteiger partial charge in [0.15, 0.2) is 5.78 Å². The highest BCUT2D eigenvalue weighted by Gasteiger charge is 2.22. The highest BCUT2D eigenvalue weighted by molar-refractivity contribution is 6.09. The third-order valence-electron chi connectivity index (χ3n) is 5.00. The molecular weight excluding hydrogens is 340 g/mol. The van der Waals surface area contributed by atoms with Gasteiger partial charge >= 0.3 is 0 Å². The Morgan fingerprint density at radius 1 is 1.11 bits per heavy atom. The Labute approximate surface area is 159 Å². The van der Waals surface area contributed by atoms with Crippen LogP contribution < -0.4 is 4.74 Å². The quantitative estimate of drug-likeness (QED) is 0.630. The zero-order valence-corrected chi connectivity index (χ0v) is 16.3. The van der Waals surface area contributed by atoms with E-state index in [-0.39, 0.29) is 11.5 Å². The van der Waals surface area contributed by atoms with Crippen molar-refractivity contribution in [2.45, 2.75) is 27.3 Å². The molecule has 3 aromatic rings. The summed E-state index contributed by atoms with van der Waals surface area (Å²) in [5.74, 6) is 0.941. The maximum absolute atomic E-state index is 12.6.